The standard InChI is InChI=1S/C23H23N5O2/c1-23(12-30-13-23)11-28-10-17(19-20(24)25-14-26-21(19)28)6-5-15-3-2-4-16(9-15)22(29)27-18-7-8-18/h2-4,9-10,14,18H,7-8,11-13H2,1H3,(H,27,29)(H2,24,25,26). The fourth-order valence-corrected chi connectivity index (χ4v) is 3.69. The van der Waals surface area contributed by atoms with Gasteiger partial charge in [-0.05, 0) is 31.0 Å². The lowest BCUT2D eigenvalue weighted by atomic mass is 9.89. The van der Waals surface area contributed by atoms with Crippen molar-refractivity contribution in [2.24, 2.45) is 5.41 Å². The van der Waals surface area contributed by atoms with Gasteiger partial charge in [0.1, 0.15) is 17.8 Å². The molecule has 7 nitrogen and oxygen atoms in total. The highest BCUT2D eigenvalue weighted by molar-refractivity contribution is 5.95. The van der Waals surface area contributed by atoms with Crippen LogP contribution >= 0.6 is 0 Å². The van der Waals surface area contributed by atoms with Crippen molar-refractivity contribution in [1.29, 1.82) is 0 Å². The van der Waals surface area contributed by atoms with Crippen LogP contribution in [-0.4, -0.2) is 39.7 Å². The number of carbonyl (C=O) groups is 1. The van der Waals surface area contributed by atoms with E-state index in [2.05, 4.69) is 38.6 Å². The summed E-state index contributed by atoms with van der Waals surface area (Å²) in [5.74, 6) is 6.74. The van der Waals surface area contributed by atoms with Crippen molar-refractivity contribution in [3.05, 3.63) is 53.5 Å². The van der Waals surface area contributed by atoms with Crippen LogP contribution in [0.1, 0.15) is 41.3 Å². The number of ether oxygens (including phenoxy) is 1. The van der Waals surface area contributed by atoms with E-state index < -0.39 is 0 Å². The molecular weight excluding hydrogens is 378 g/mol. The molecule has 1 saturated carbocycles. The first-order chi connectivity index (χ1) is 14.5. The number of carbonyl (C=O) groups excluding carboxylic acids is 1. The minimum atomic E-state index is -0.0497. The summed E-state index contributed by atoms with van der Waals surface area (Å²) >= 11 is 0. The van der Waals surface area contributed by atoms with Crippen molar-refractivity contribution in [3.8, 4) is 11.8 Å². The topological polar surface area (TPSA) is 95.1 Å². The molecule has 30 heavy (non-hydrogen) atoms. The number of nitrogens with one attached hydrogen (secondary N) is 1. The molecule has 3 heterocycles. The number of benzene rings is 1. The lowest BCUT2D eigenvalue weighted by molar-refractivity contribution is -0.109. The number of amides is 1. The molecule has 0 radical (unpaired) electrons. The van der Waals surface area contributed by atoms with Gasteiger partial charge < -0.3 is 20.4 Å². The summed E-state index contributed by atoms with van der Waals surface area (Å²) in [6, 6.07) is 7.69. The molecule has 0 atom stereocenters. The Balaban J connectivity index is 1.47. The summed E-state index contributed by atoms with van der Waals surface area (Å²) in [6.45, 7) is 4.42. The number of rotatable bonds is 4. The van der Waals surface area contributed by atoms with E-state index in [4.69, 9.17) is 10.5 Å². The van der Waals surface area contributed by atoms with Crippen molar-refractivity contribution in [2.75, 3.05) is 18.9 Å². The molecule has 1 amide bonds. The molecule has 1 aromatic carbocycles. The monoisotopic (exact) mass is 401 g/mol. The molecule has 1 aliphatic heterocycles. The smallest absolute Gasteiger partial charge is 0.251 e. The number of aromatic nitrogens is 3. The molecule has 5 rings (SSSR count). The molecule has 2 fully saturated rings. The molecule has 0 bridgehead atoms. The van der Waals surface area contributed by atoms with E-state index in [0.717, 1.165) is 54.8 Å². The van der Waals surface area contributed by atoms with Gasteiger partial charge in [0, 0.05) is 35.3 Å². The van der Waals surface area contributed by atoms with Crippen LogP contribution in [0.25, 0.3) is 11.0 Å². The van der Waals surface area contributed by atoms with Crippen molar-refractivity contribution < 1.29 is 9.53 Å². The first-order valence-corrected chi connectivity index (χ1v) is 10.1. The van der Waals surface area contributed by atoms with Gasteiger partial charge in [-0.1, -0.05) is 24.8 Å². The van der Waals surface area contributed by atoms with Crippen molar-refractivity contribution in [1.82, 2.24) is 19.9 Å². The average Bonchev–Trinajstić information content (AvgIpc) is 3.46. The van der Waals surface area contributed by atoms with Gasteiger partial charge in [0.2, 0.25) is 0 Å². The Labute approximate surface area is 174 Å². The third kappa shape index (κ3) is 3.62. The SMILES string of the molecule is CC1(Cn2cc(C#Cc3cccc(C(=O)NC4CC4)c3)c3c(N)ncnc32)COC1. The van der Waals surface area contributed by atoms with Crippen LogP contribution in [0.3, 0.4) is 0 Å². The Morgan fingerprint density at radius 1 is 1.33 bits per heavy atom. The largest absolute Gasteiger partial charge is 0.383 e. The van der Waals surface area contributed by atoms with Crippen LogP contribution in [0.2, 0.25) is 0 Å². The second kappa shape index (κ2) is 7.15. The van der Waals surface area contributed by atoms with Gasteiger partial charge in [-0.25, -0.2) is 9.97 Å². The Bertz CT molecular complexity index is 1200. The maximum Gasteiger partial charge on any atom is 0.251 e. The zero-order valence-electron chi connectivity index (χ0n) is 16.8. The minimum Gasteiger partial charge on any atom is -0.383 e. The van der Waals surface area contributed by atoms with E-state index in [1.807, 2.05) is 30.5 Å². The van der Waals surface area contributed by atoms with Gasteiger partial charge in [0.15, 0.2) is 0 Å². The van der Waals surface area contributed by atoms with Gasteiger partial charge in [-0.15, -0.1) is 0 Å². The summed E-state index contributed by atoms with van der Waals surface area (Å²) in [4.78, 5) is 20.9. The van der Waals surface area contributed by atoms with Crippen LogP contribution in [-0.2, 0) is 11.3 Å². The molecule has 7 heteroatoms. The number of anilines is 1. The minimum absolute atomic E-state index is 0.0497. The maximum absolute atomic E-state index is 12.3. The Morgan fingerprint density at radius 2 is 2.17 bits per heavy atom. The third-order valence-electron chi connectivity index (χ3n) is 5.51. The maximum atomic E-state index is 12.3. The van der Waals surface area contributed by atoms with Gasteiger partial charge in [-0.3, -0.25) is 4.79 Å². The predicted octanol–water partition coefficient (Wildman–Crippen LogP) is 2.34. The van der Waals surface area contributed by atoms with Gasteiger partial charge in [0.05, 0.1) is 24.2 Å². The van der Waals surface area contributed by atoms with E-state index >= 15 is 0 Å². The number of nitrogen functional groups attached to an aromatic ring is 1. The molecular formula is C23H23N5O2. The molecule has 3 aromatic rings. The molecule has 2 aromatic heterocycles. The average molecular weight is 401 g/mol. The van der Waals surface area contributed by atoms with E-state index in [0.29, 0.717) is 17.4 Å². The second-order valence-corrected chi connectivity index (χ2v) is 8.51. The summed E-state index contributed by atoms with van der Waals surface area (Å²) in [5, 5.41) is 3.77. The fraction of sp³-hybridized carbons (Fsp3) is 0.348. The number of hydrogen-bond acceptors (Lipinski definition) is 5. The molecule has 1 saturated heterocycles. The Morgan fingerprint density at radius 3 is 2.90 bits per heavy atom. The van der Waals surface area contributed by atoms with Crippen LogP contribution in [0, 0.1) is 17.3 Å². The predicted molar refractivity (Wildman–Crippen MR) is 114 cm³/mol. The first-order valence-electron chi connectivity index (χ1n) is 10.1. The first kappa shape index (κ1) is 18.6. The fourth-order valence-electron chi connectivity index (χ4n) is 3.69. The lowest BCUT2D eigenvalue weighted by Gasteiger charge is -2.38. The highest BCUT2D eigenvalue weighted by atomic mass is 16.5. The normalized spacial score (nSPS) is 17.1. The number of hydrogen-bond donors (Lipinski definition) is 2. The molecule has 2 aliphatic rings. The summed E-state index contributed by atoms with van der Waals surface area (Å²) < 4.78 is 7.47. The quantitative estimate of drug-likeness (QED) is 0.655. The summed E-state index contributed by atoms with van der Waals surface area (Å²) in [5.41, 5.74) is 9.19. The van der Waals surface area contributed by atoms with Crippen LogP contribution < -0.4 is 11.1 Å². The lowest BCUT2D eigenvalue weighted by Crippen LogP contribution is -2.43. The zero-order chi connectivity index (χ0) is 20.7. The van der Waals surface area contributed by atoms with Gasteiger partial charge in [-0.2, -0.15) is 0 Å². The van der Waals surface area contributed by atoms with Crippen LogP contribution in [0.5, 0.6) is 0 Å². The van der Waals surface area contributed by atoms with Crippen molar-refractivity contribution >= 4 is 22.8 Å². The second-order valence-electron chi connectivity index (χ2n) is 8.51. The van der Waals surface area contributed by atoms with E-state index in [1.165, 1.54) is 6.33 Å². The Hall–Kier alpha value is -3.37. The molecule has 0 spiro atoms. The van der Waals surface area contributed by atoms with Crippen molar-refractivity contribution in [3.63, 3.8) is 0 Å². The Kier molecular flexibility index (Phi) is 4.44. The van der Waals surface area contributed by atoms with Gasteiger partial charge >= 0.3 is 0 Å². The van der Waals surface area contributed by atoms with E-state index in [9.17, 15) is 4.79 Å². The van der Waals surface area contributed by atoms with Gasteiger partial charge in [0.25, 0.3) is 5.91 Å². The highest BCUT2D eigenvalue weighted by Gasteiger charge is 2.34. The molecule has 152 valence electrons. The molecule has 1 aliphatic carbocycles. The van der Waals surface area contributed by atoms with E-state index in [-0.39, 0.29) is 11.3 Å². The molecule has 3 N–H and O–H groups in total. The van der Waals surface area contributed by atoms with Crippen LogP contribution in [0.15, 0.2) is 36.8 Å². The highest BCUT2D eigenvalue weighted by Crippen LogP contribution is 2.32. The third-order valence-corrected chi connectivity index (χ3v) is 5.51. The summed E-state index contributed by atoms with van der Waals surface area (Å²) in [7, 11) is 0. The van der Waals surface area contributed by atoms with Crippen molar-refractivity contribution in [2.45, 2.75) is 32.4 Å². The molecule has 0 unspecified atom stereocenters. The number of nitrogens with zero attached hydrogens (tertiary/aromatic N) is 3. The van der Waals surface area contributed by atoms with E-state index in [1.54, 1.807) is 0 Å². The summed E-state index contributed by atoms with van der Waals surface area (Å²) in [6.07, 6.45) is 5.58. The number of fused-ring (bicyclic) bond motifs is 1. The number of nitrogens with two attached hydrogens (primary N) is 1. The van der Waals surface area contributed by atoms with Crippen LogP contribution in [0.4, 0.5) is 5.82 Å². The zero-order valence-corrected chi connectivity index (χ0v) is 16.8.